The van der Waals surface area contributed by atoms with Crippen LogP contribution >= 0.6 is 11.8 Å². The summed E-state index contributed by atoms with van der Waals surface area (Å²) in [6.45, 7) is 5.37. The van der Waals surface area contributed by atoms with E-state index >= 15 is 0 Å². The van der Waals surface area contributed by atoms with Crippen molar-refractivity contribution in [3.05, 3.63) is 89.3 Å². The fourth-order valence-corrected chi connectivity index (χ4v) is 5.45. The minimum atomic E-state index is -0.313. The maximum absolute atomic E-state index is 12.2. The maximum Gasteiger partial charge on any atom is 0.336 e. The Morgan fingerprint density at radius 1 is 0.914 bits per heavy atom. The second-order valence-electron chi connectivity index (χ2n) is 8.73. The Kier molecular flexibility index (Phi) is 7.40. The summed E-state index contributed by atoms with van der Waals surface area (Å²) < 4.78 is 10.8. The molecule has 2 heterocycles. The number of anilines is 1. The van der Waals surface area contributed by atoms with Gasteiger partial charge in [-0.2, -0.15) is 0 Å². The number of fused-ring (bicyclic) bond motifs is 1. The van der Waals surface area contributed by atoms with Crippen molar-refractivity contribution in [2.45, 2.75) is 11.3 Å². The van der Waals surface area contributed by atoms with E-state index in [1.807, 2.05) is 60.3 Å². The van der Waals surface area contributed by atoms with Crippen LogP contribution in [-0.4, -0.2) is 50.5 Å². The Hall–Kier alpha value is -3.22. The van der Waals surface area contributed by atoms with E-state index in [9.17, 15) is 4.79 Å². The van der Waals surface area contributed by atoms with Crippen molar-refractivity contribution in [2.75, 3.05) is 50.5 Å². The molecule has 3 aromatic carbocycles. The lowest BCUT2D eigenvalue weighted by Crippen LogP contribution is -2.46. The third kappa shape index (κ3) is 5.72. The Morgan fingerprint density at radius 3 is 2.43 bits per heavy atom. The first-order valence-corrected chi connectivity index (χ1v) is 13.1. The molecule has 0 N–H and O–H groups in total. The Bertz CT molecular complexity index is 1310. The largest absolute Gasteiger partial charge is 0.497 e. The number of hydrogen-bond acceptors (Lipinski definition) is 6. The first-order valence-electron chi connectivity index (χ1n) is 12.1. The van der Waals surface area contributed by atoms with Crippen LogP contribution in [0.2, 0.25) is 0 Å². The lowest BCUT2D eigenvalue weighted by Gasteiger charge is -2.36. The average molecular weight is 487 g/mol. The number of hydrogen-bond donors (Lipinski definition) is 0. The maximum atomic E-state index is 12.2. The van der Waals surface area contributed by atoms with Crippen molar-refractivity contribution in [3.8, 4) is 16.9 Å². The topological polar surface area (TPSA) is 45.9 Å². The number of piperazine rings is 1. The van der Waals surface area contributed by atoms with Gasteiger partial charge in [0.05, 0.1) is 7.11 Å². The molecular weight excluding hydrogens is 456 g/mol. The van der Waals surface area contributed by atoms with Crippen LogP contribution in [-0.2, 0) is 0 Å². The van der Waals surface area contributed by atoms with E-state index in [2.05, 4.69) is 34.1 Å². The van der Waals surface area contributed by atoms with E-state index < -0.39 is 0 Å². The van der Waals surface area contributed by atoms with E-state index in [1.54, 1.807) is 13.2 Å². The first kappa shape index (κ1) is 23.5. The monoisotopic (exact) mass is 486 g/mol. The van der Waals surface area contributed by atoms with Gasteiger partial charge in [-0.05, 0) is 72.3 Å². The third-order valence-corrected chi connectivity index (χ3v) is 7.58. The van der Waals surface area contributed by atoms with E-state index in [4.69, 9.17) is 9.15 Å². The number of thioether (sulfide) groups is 1. The highest BCUT2D eigenvalue weighted by Gasteiger charge is 2.17. The molecular formula is C29H30N2O3S. The van der Waals surface area contributed by atoms with E-state index in [0.29, 0.717) is 5.58 Å². The molecule has 1 aliphatic rings. The fourth-order valence-electron chi connectivity index (χ4n) is 4.59. The molecule has 0 atom stereocenters. The molecule has 1 aromatic heterocycles. The van der Waals surface area contributed by atoms with Gasteiger partial charge in [-0.15, -0.1) is 11.8 Å². The standard InChI is InChI=1S/C29H30N2O3S/c1-33-24-10-8-23(9-11-24)31-17-15-30(16-18-31)14-5-19-35-25-12-13-26-27(22-6-3-2-4-7-22)21-29(32)34-28(26)20-25/h2-4,6-13,20-21H,5,14-19H2,1H3. The second kappa shape index (κ2) is 11.0. The molecule has 1 fully saturated rings. The Morgan fingerprint density at radius 2 is 1.69 bits per heavy atom. The summed E-state index contributed by atoms with van der Waals surface area (Å²) in [6, 6.07) is 26.1. The van der Waals surface area contributed by atoms with Crippen LogP contribution in [0, 0.1) is 0 Å². The van der Waals surface area contributed by atoms with Gasteiger partial charge in [0, 0.05) is 48.2 Å². The third-order valence-electron chi connectivity index (χ3n) is 6.50. The van der Waals surface area contributed by atoms with Crippen molar-refractivity contribution in [1.82, 2.24) is 4.90 Å². The van der Waals surface area contributed by atoms with Crippen LogP contribution in [0.15, 0.2) is 93.0 Å². The van der Waals surface area contributed by atoms with Crippen molar-refractivity contribution >= 4 is 28.4 Å². The number of nitrogens with zero attached hydrogens (tertiary/aromatic N) is 2. The van der Waals surface area contributed by atoms with E-state index in [-0.39, 0.29) is 5.63 Å². The highest BCUT2D eigenvalue weighted by Crippen LogP contribution is 2.30. The van der Waals surface area contributed by atoms with Gasteiger partial charge in [-0.1, -0.05) is 30.3 Å². The lowest BCUT2D eigenvalue weighted by molar-refractivity contribution is 0.259. The molecule has 5 rings (SSSR count). The Labute approximate surface area is 210 Å². The fraction of sp³-hybridized carbons (Fsp3) is 0.276. The van der Waals surface area contributed by atoms with Gasteiger partial charge in [-0.25, -0.2) is 4.79 Å². The second-order valence-corrected chi connectivity index (χ2v) is 9.90. The van der Waals surface area contributed by atoms with Crippen LogP contribution in [0.25, 0.3) is 22.1 Å². The normalized spacial score (nSPS) is 14.4. The molecule has 0 aliphatic carbocycles. The molecule has 35 heavy (non-hydrogen) atoms. The molecule has 4 aromatic rings. The molecule has 5 nitrogen and oxygen atoms in total. The van der Waals surface area contributed by atoms with Crippen molar-refractivity contribution in [2.24, 2.45) is 0 Å². The Balaban J connectivity index is 1.13. The molecule has 180 valence electrons. The molecule has 0 unspecified atom stereocenters. The quantitative estimate of drug-likeness (QED) is 0.179. The summed E-state index contributed by atoms with van der Waals surface area (Å²) in [4.78, 5) is 18.3. The molecule has 0 radical (unpaired) electrons. The zero-order chi connectivity index (χ0) is 24.0. The van der Waals surface area contributed by atoms with Gasteiger partial charge in [-0.3, -0.25) is 4.90 Å². The minimum Gasteiger partial charge on any atom is -0.497 e. The summed E-state index contributed by atoms with van der Waals surface area (Å²) in [5.41, 5.74) is 3.54. The van der Waals surface area contributed by atoms with E-state index in [1.165, 1.54) is 5.69 Å². The van der Waals surface area contributed by atoms with Gasteiger partial charge in [0.1, 0.15) is 11.3 Å². The summed E-state index contributed by atoms with van der Waals surface area (Å²) in [7, 11) is 1.70. The average Bonchev–Trinajstić information content (AvgIpc) is 2.91. The number of benzene rings is 3. The number of methoxy groups -OCH3 is 1. The molecule has 0 spiro atoms. The highest BCUT2D eigenvalue weighted by atomic mass is 32.2. The molecule has 6 heteroatoms. The van der Waals surface area contributed by atoms with Gasteiger partial charge in [0.15, 0.2) is 0 Å². The molecule has 1 aliphatic heterocycles. The number of ether oxygens (including phenoxy) is 1. The molecule has 0 saturated carbocycles. The summed E-state index contributed by atoms with van der Waals surface area (Å²) in [6.07, 6.45) is 1.12. The van der Waals surface area contributed by atoms with Crippen molar-refractivity contribution < 1.29 is 9.15 Å². The van der Waals surface area contributed by atoms with Crippen LogP contribution in [0.5, 0.6) is 5.75 Å². The summed E-state index contributed by atoms with van der Waals surface area (Å²) in [5, 5.41) is 0.967. The van der Waals surface area contributed by atoms with Crippen LogP contribution in [0.1, 0.15) is 6.42 Å². The lowest BCUT2D eigenvalue weighted by atomic mass is 10.0. The van der Waals surface area contributed by atoms with Gasteiger partial charge in [0.25, 0.3) is 0 Å². The van der Waals surface area contributed by atoms with Gasteiger partial charge in [0.2, 0.25) is 0 Å². The minimum absolute atomic E-state index is 0.313. The molecule has 0 amide bonds. The SMILES string of the molecule is COc1ccc(N2CCN(CCCSc3ccc4c(-c5ccccc5)cc(=O)oc4c3)CC2)cc1. The predicted molar refractivity (Wildman–Crippen MR) is 145 cm³/mol. The van der Waals surface area contributed by atoms with Gasteiger partial charge < -0.3 is 14.1 Å². The van der Waals surface area contributed by atoms with E-state index in [0.717, 1.165) is 72.1 Å². The van der Waals surface area contributed by atoms with Crippen LogP contribution in [0.3, 0.4) is 0 Å². The predicted octanol–water partition coefficient (Wildman–Crippen LogP) is 5.77. The van der Waals surface area contributed by atoms with Crippen molar-refractivity contribution in [3.63, 3.8) is 0 Å². The molecule has 1 saturated heterocycles. The summed E-state index contributed by atoms with van der Waals surface area (Å²) in [5.74, 6) is 1.93. The van der Waals surface area contributed by atoms with Gasteiger partial charge >= 0.3 is 5.63 Å². The zero-order valence-corrected chi connectivity index (χ0v) is 20.8. The van der Waals surface area contributed by atoms with Crippen molar-refractivity contribution in [1.29, 1.82) is 0 Å². The zero-order valence-electron chi connectivity index (χ0n) is 20.0. The first-order chi connectivity index (χ1) is 17.2. The smallest absolute Gasteiger partial charge is 0.336 e. The van der Waals surface area contributed by atoms with Crippen LogP contribution in [0.4, 0.5) is 5.69 Å². The number of rotatable bonds is 8. The van der Waals surface area contributed by atoms with Crippen LogP contribution < -0.4 is 15.3 Å². The molecule has 0 bridgehead atoms. The summed E-state index contributed by atoms with van der Waals surface area (Å²) >= 11 is 1.82. The highest BCUT2D eigenvalue weighted by molar-refractivity contribution is 7.99.